The minimum atomic E-state index is 0. The van der Waals surface area contributed by atoms with Crippen molar-refractivity contribution < 1.29 is 4.74 Å². The summed E-state index contributed by atoms with van der Waals surface area (Å²) in [4.78, 5) is 0. The fourth-order valence-electron chi connectivity index (χ4n) is 3.51. The lowest BCUT2D eigenvalue weighted by Gasteiger charge is -2.34. The lowest BCUT2D eigenvalue weighted by molar-refractivity contribution is 0.239. The third-order valence-electron chi connectivity index (χ3n) is 4.01. The van der Waals surface area contributed by atoms with Crippen LogP contribution < -0.4 is 10.1 Å². The molecule has 0 aliphatic rings. The second-order valence-corrected chi connectivity index (χ2v) is 8.17. The molecule has 0 amide bonds. The Morgan fingerprint density at radius 3 is 2.25 bits per heavy atom. The van der Waals surface area contributed by atoms with E-state index in [2.05, 4.69) is 76.3 Å². The molecule has 2 nitrogen and oxygen atoms in total. The highest BCUT2D eigenvalue weighted by atomic mass is 35.5. The van der Waals surface area contributed by atoms with Crippen molar-refractivity contribution >= 4 is 23.2 Å². The third-order valence-corrected chi connectivity index (χ3v) is 4.01. The van der Waals surface area contributed by atoms with Crippen molar-refractivity contribution in [3.63, 3.8) is 0 Å². The van der Waals surface area contributed by atoms with Gasteiger partial charge in [-0.25, -0.2) is 0 Å². The van der Waals surface area contributed by atoms with E-state index in [1.54, 1.807) is 0 Å². The monoisotopic (exact) mass is 349 g/mol. The second kappa shape index (κ2) is 8.22. The SMILES string of the molecule is CCOc1ccc2ccccc2c1CNC(C)(C)CC(C)(C)C.Cl. The van der Waals surface area contributed by atoms with Gasteiger partial charge in [0.2, 0.25) is 0 Å². The van der Waals surface area contributed by atoms with Crippen LogP contribution in [0, 0.1) is 5.41 Å². The maximum Gasteiger partial charge on any atom is 0.124 e. The molecule has 24 heavy (non-hydrogen) atoms. The second-order valence-electron chi connectivity index (χ2n) is 8.17. The molecule has 134 valence electrons. The van der Waals surface area contributed by atoms with Gasteiger partial charge in [-0.15, -0.1) is 12.4 Å². The van der Waals surface area contributed by atoms with E-state index in [1.165, 1.54) is 16.3 Å². The van der Waals surface area contributed by atoms with Crippen LogP contribution in [-0.2, 0) is 6.54 Å². The van der Waals surface area contributed by atoms with Crippen LogP contribution in [0.5, 0.6) is 5.75 Å². The van der Waals surface area contributed by atoms with E-state index in [4.69, 9.17) is 4.74 Å². The summed E-state index contributed by atoms with van der Waals surface area (Å²) < 4.78 is 5.87. The Kier molecular flexibility index (Phi) is 7.12. The summed E-state index contributed by atoms with van der Waals surface area (Å²) in [5.41, 5.74) is 1.64. The Hall–Kier alpha value is -1.25. The lowest BCUT2D eigenvalue weighted by Crippen LogP contribution is -2.41. The zero-order valence-electron chi connectivity index (χ0n) is 15.9. The molecule has 0 radical (unpaired) electrons. The highest BCUT2D eigenvalue weighted by Crippen LogP contribution is 2.31. The van der Waals surface area contributed by atoms with Gasteiger partial charge in [0, 0.05) is 17.6 Å². The summed E-state index contributed by atoms with van der Waals surface area (Å²) in [5, 5.41) is 6.28. The van der Waals surface area contributed by atoms with Crippen LogP contribution in [0.3, 0.4) is 0 Å². The van der Waals surface area contributed by atoms with E-state index in [0.717, 1.165) is 18.7 Å². The highest BCUT2D eigenvalue weighted by molar-refractivity contribution is 5.87. The highest BCUT2D eigenvalue weighted by Gasteiger charge is 2.25. The normalized spacial score (nSPS) is 12.1. The Bertz CT molecular complexity index is 658. The van der Waals surface area contributed by atoms with Gasteiger partial charge in [0.15, 0.2) is 0 Å². The van der Waals surface area contributed by atoms with Gasteiger partial charge in [-0.1, -0.05) is 51.1 Å². The van der Waals surface area contributed by atoms with Crippen LogP contribution in [-0.4, -0.2) is 12.1 Å². The van der Waals surface area contributed by atoms with Crippen LogP contribution >= 0.6 is 12.4 Å². The maximum atomic E-state index is 5.87. The average Bonchev–Trinajstić information content (AvgIpc) is 2.43. The summed E-state index contributed by atoms with van der Waals surface area (Å²) in [6.45, 7) is 15.0. The fraction of sp³-hybridized carbons (Fsp3) is 0.524. The number of rotatable bonds is 6. The molecule has 0 spiro atoms. The molecule has 0 aliphatic carbocycles. The van der Waals surface area contributed by atoms with E-state index in [0.29, 0.717) is 12.0 Å². The van der Waals surface area contributed by atoms with Crippen LogP contribution in [0.1, 0.15) is 53.5 Å². The lowest BCUT2D eigenvalue weighted by atomic mass is 9.81. The summed E-state index contributed by atoms with van der Waals surface area (Å²) in [5.74, 6) is 0.991. The van der Waals surface area contributed by atoms with E-state index in [-0.39, 0.29) is 17.9 Å². The molecule has 2 rings (SSSR count). The van der Waals surface area contributed by atoms with Crippen molar-refractivity contribution in [1.29, 1.82) is 0 Å². The van der Waals surface area contributed by atoms with Crippen LogP contribution in [0.25, 0.3) is 10.8 Å². The Morgan fingerprint density at radius 1 is 0.958 bits per heavy atom. The molecule has 0 saturated carbocycles. The molecule has 0 bridgehead atoms. The maximum absolute atomic E-state index is 5.87. The molecule has 0 aromatic heterocycles. The Labute approximate surface area is 153 Å². The molecular weight excluding hydrogens is 318 g/mol. The van der Waals surface area contributed by atoms with Gasteiger partial charge in [-0.3, -0.25) is 0 Å². The number of hydrogen-bond acceptors (Lipinski definition) is 2. The van der Waals surface area contributed by atoms with E-state index in [1.807, 2.05) is 6.92 Å². The topological polar surface area (TPSA) is 21.3 Å². The summed E-state index contributed by atoms with van der Waals surface area (Å²) in [6, 6.07) is 12.8. The standard InChI is InChI=1S/C21H31NO.ClH/c1-7-23-19-13-12-16-10-8-9-11-17(16)18(19)14-22-21(5,6)15-20(2,3)4;/h8-13,22H,7,14-15H2,1-6H3;1H. The summed E-state index contributed by atoms with van der Waals surface area (Å²) in [6.07, 6.45) is 1.12. The molecule has 0 fully saturated rings. The van der Waals surface area contributed by atoms with E-state index >= 15 is 0 Å². The van der Waals surface area contributed by atoms with Crippen molar-refractivity contribution in [2.24, 2.45) is 5.41 Å². The Morgan fingerprint density at radius 2 is 1.62 bits per heavy atom. The molecule has 0 atom stereocenters. The molecule has 1 N–H and O–H groups in total. The van der Waals surface area contributed by atoms with Gasteiger partial charge in [0.05, 0.1) is 6.61 Å². The van der Waals surface area contributed by atoms with Gasteiger partial charge in [0.25, 0.3) is 0 Å². The first-order valence-corrected chi connectivity index (χ1v) is 8.60. The smallest absolute Gasteiger partial charge is 0.124 e. The number of benzene rings is 2. The number of hydrogen-bond donors (Lipinski definition) is 1. The molecule has 2 aromatic rings. The van der Waals surface area contributed by atoms with E-state index < -0.39 is 0 Å². The predicted molar refractivity (Wildman–Crippen MR) is 107 cm³/mol. The molecule has 0 saturated heterocycles. The number of fused-ring (bicyclic) bond motifs is 1. The van der Waals surface area contributed by atoms with Gasteiger partial charge in [0.1, 0.15) is 5.75 Å². The molecular formula is C21H32ClNO. The largest absolute Gasteiger partial charge is 0.494 e. The quantitative estimate of drug-likeness (QED) is 0.694. The van der Waals surface area contributed by atoms with Crippen molar-refractivity contribution in [2.45, 2.75) is 60.0 Å². The summed E-state index contributed by atoms with van der Waals surface area (Å²) in [7, 11) is 0. The van der Waals surface area contributed by atoms with Crippen LogP contribution in [0.2, 0.25) is 0 Å². The van der Waals surface area contributed by atoms with Crippen molar-refractivity contribution in [3.8, 4) is 5.75 Å². The van der Waals surface area contributed by atoms with E-state index in [9.17, 15) is 0 Å². The van der Waals surface area contributed by atoms with Crippen molar-refractivity contribution in [1.82, 2.24) is 5.32 Å². The molecule has 3 heteroatoms. The van der Waals surface area contributed by atoms with Gasteiger partial charge < -0.3 is 10.1 Å². The average molecular weight is 350 g/mol. The van der Waals surface area contributed by atoms with Crippen molar-refractivity contribution in [2.75, 3.05) is 6.61 Å². The first-order chi connectivity index (χ1) is 10.7. The minimum absolute atomic E-state index is 0. The molecule has 0 heterocycles. The Balaban J connectivity index is 0.00000288. The number of ether oxygens (including phenoxy) is 1. The molecule has 0 aliphatic heterocycles. The molecule has 0 unspecified atom stereocenters. The van der Waals surface area contributed by atoms with Crippen molar-refractivity contribution in [3.05, 3.63) is 42.0 Å². The van der Waals surface area contributed by atoms with Gasteiger partial charge >= 0.3 is 0 Å². The first kappa shape index (κ1) is 20.8. The first-order valence-electron chi connectivity index (χ1n) is 8.60. The van der Waals surface area contributed by atoms with Gasteiger partial charge in [-0.05, 0) is 49.4 Å². The van der Waals surface area contributed by atoms with Crippen LogP contribution in [0.4, 0.5) is 0 Å². The number of halogens is 1. The fourth-order valence-corrected chi connectivity index (χ4v) is 3.51. The number of nitrogens with one attached hydrogen (secondary N) is 1. The zero-order chi connectivity index (χ0) is 17.1. The minimum Gasteiger partial charge on any atom is -0.494 e. The molecule has 2 aromatic carbocycles. The van der Waals surface area contributed by atoms with Gasteiger partial charge in [-0.2, -0.15) is 0 Å². The van der Waals surface area contributed by atoms with Crippen LogP contribution in [0.15, 0.2) is 36.4 Å². The third kappa shape index (κ3) is 5.68. The zero-order valence-corrected chi connectivity index (χ0v) is 16.7. The summed E-state index contributed by atoms with van der Waals surface area (Å²) >= 11 is 0. The predicted octanol–water partition coefficient (Wildman–Crippen LogP) is 5.96.